The number of hydrogen-bond acceptors (Lipinski definition) is 3. The van der Waals surface area contributed by atoms with E-state index in [0.717, 1.165) is 5.56 Å². The molecular formula is C13H12ClFN2O. The summed E-state index contributed by atoms with van der Waals surface area (Å²) in [5.41, 5.74) is 0.728. The summed E-state index contributed by atoms with van der Waals surface area (Å²) in [6, 6.07) is 5.10. The zero-order valence-corrected chi connectivity index (χ0v) is 10.4. The van der Waals surface area contributed by atoms with Crippen molar-refractivity contribution in [1.29, 1.82) is 0 Å². The molecule has 1 aromatic heterocycles. The van der Waals surface area contributed by atoms with Crippen LogP contribution >= 0.6 is 11.6 Å². The first-order valence-electron chi connectivity index (χ1n) is 5.86. The van der Waals surface area contributed by atoms with Gasteiger partial charge < -0.3 is 9.73 Å². The van der Waals surface area contributed by atoms with Gasteiger partial charge in [-0.25, -0.2) is 9.37 Å². The van der Waals surface area contributed by atoms with Crippen LogP contribution in [-0.2, 0) is 6.54 Å². The van der Waals surface area contributed by atoms with Gasteiger partial charge in [-0.2, -0.15) is 0 Å². The summed E-state index contributed by atoms with van der Waals surface area (Å²) in [4.78, 5) is 4.18. The molecule has 0 saturated heterocycles. The summed E-state index contributed by atoms with van der Waals surface area (Å²) in [6.07, 6.45) is 4.08. The highest BCUT2D eigenvalue weighted by Crippen LogP contribution is 2.26. The van der Waals surface area contributed by atoms with Crippen molar-refractivity contribution in [3.8, 4) is 11.3 Å². The van der Waals surface area contributed by atoms with Gasteiger partial charge in [0.1, 0.15) is 5.82 Å². The molecule has 0 bridgehead atoms. The predicted octanol–water partition coefficient (Wildman–Crippen LogP) is 3.39. The van der Waals surface area contributed by atoms with Crippen LogP contribution in [0.4, 0.5) is 4.39 Å². The Balaban J connectivity index is 1.76. The molecule has 1 aliphatic rings. The average Bonchev–Trinajstić information content (AvgIpc) is 3.08. The van der Waals surface area contributed by atoms with Gasteiger partial charge >= 0.3 is 0 Å². The highest BCUT2D eigenvalue weighted by atomic mass is 35.5. The standard InChI is InChI=1S/C13H12ClFN2O/c14-10-5-8(1-4-11(10)15)12-6-17-13(18-12)7-16-9-2-3-9/h1,4-6,9,16H,2-3,7H2. The summed E-state index contributed by atoms with van der Waals surface area (Å²) in [5, 5.41) is 3.40. The number of halogens is 2. The SMILES string of the molecule is Fc1ccc(-c2cnc(CNC3CC3)o2)cc1Cl. The molecule has 1 heterocycles. The van der Waals surface area contributed by atoms with Gasteiger partial charge in [0, 0.05) is 11.6 Å². The third-order valence-electron chi connectivity index (χ3n) is 2.88. The lowest BCUT2D eigenvalue weighted by atomic mass is 10.2. The van der Waals surface area contributed by atoms with Crippen LogP contribution in [0.5, 0.6) is 0 Å². The first-order chi connectivity index (χ1) is 8.72. The lowest BCUT2D eigenvalue weighted by Gasteiger charge is -1.99. The second kappa shape index (κ2) is 4.71. The molecule has 2 aromatic rings. The topological polar surface area (TPSA) is 38.1 Å². The van der Waals surface area contributed by atoms with E-state index in [-0.39, 0.29) is 5.02 Å². The zero-order chi connectivity index (χ0) is 12.5. The number of aromatic nitrogens is 1. The highest BCUT2D eigenvalue weighted by Gasteiger charge is 2.21. The molecule has 5 heteroatoms. The Hall–Kier alpha value is -1.39. The molecule has 0 aliphatic heterocycles. The number of oxazole rings is 1. The fourth-order valence-corrected chi connectivity index (χ4v) is 1.87. The van der Waals surface area contributed by atoms with Crippen molar-refractivity contribution in [2.45, 2.75) is 25.4 Å². The van der Waals surface area contributed by atoms with Crippen molar-refractivity contribution in [2.24, 2.45) is 0 Å². The smallest absolute Gasteiger partial charge is 0.208 e. The molecule has 1 N–H and O–H groups in total. The van der Waals surface area contributed by atoms with E-state index in [2.05, 4.69) is 10.3 Å². The van der Waals surface area contributed by atoms with Crippen molar-refractivity contribution in [3.05, 3.63) is 41.1 Å². The summed E-state index contributed by atoms with van der Waals surface area (Å²) in [7, 11) is 0. The molecule has 1 aliphatic carbocycles. The van der Waals surface area contributed by atoms with Gasteiger partial charge in [0.25, 0.3) is 0 Å². The van der Waals surface area contributed by atoms with Crippen LogP contribution < -0.4 is 5.32 Å². The molecule has 1 fully saturated rings. The van der Waals surface area contributed by atoms with E-state index in [4.69, 9.17) is 16.0 Å². The molecule has 94 valence electrons. The summed E-state index contributed by atoms with van der Waals surface area (Å²) in [6.45, 7) is 0.625. The average molecular weight is 267 g/mol. The van der Waals surface area contributed by atoms with Crippen molar-refractivity contribution >= 4 is 11.6 Å². The van der Waals surface area contributed by atoms with Gasteiger partial charge in [-0.15, -0.1) is 0 Å². The number of nitrogens with zero attached hydrogens (tertiary/aromatic N) is 1. The summed E-state index contributed by atoms with van der Waals surface area (Å²) >= 11 is 5.73. The van der Waals surface area contributed by atoms with Crippen LogP contribution in [0.25, 0.3) is 11.3 Å². The van der Waals surface area contributed by atoms with Gasteiger partial charge in [0.2, 0.25) is 5.89 Å². The molecule has 0 unspecified atom stereocenters. The molecule has 1 aromatic carbocycles. The van der Waals surface area contributed by atoms with Gasteiger partial charge in [-0.1, -0.05) is 11.6 Å². The van der Waals surface area contributed by atoms with E-state index >= 15 is 0 Å². The molecular weight excluding hydrogens is 255 g/mol. The molecule has 18 heavy (non-hydrogen) atoms. The maximum atomic E-state index is 13.0. The number of hydrogen-bond donors (Lipinski definition) is 1. The molecule has 0 atom stereocenters. The Bertz CT molecular complexity index is 566. The molecule has 1 saturated carbocycles. The van der Waals surface area contributed by atoms with Gasteiger partial charge in [0.15, 0.2) is 5.76 Å². The maximum absolute atomic E-state index is 13.0. The molecule has 3 nitrogen and oxygen atoms in total. The number of nitrogens with one attached hydrogen (secondary N) is 1. The monoisotopic (exact) mass is 266 g/mol. The van der Waals surface area contributed by atoms with Crippen LogP contribution in [0.1, 0.15) is 18.7 Å². The minimum atomic E-state index is -0.435. The van der Waals surface area contributed by atoms with Crippen LogP contribution in [0.15, 0.2) is 28.8 Å². The van der Waals surface area contributed by atoms with Gasteiger partial charge in [-0.05, 0) is 31.0 Å². The third kappa shape index (κ3) is 2.54. The van der Waals surface area contributed by atoms with E-state index in [1.165, 1.54) is 25.0 Å². The second-order valence-corrected chi connectivity index (χ2v) is 4.81. The van der Waals surface area contributed by atoms with Crippen LogP contribution in [-0.4, -0.2) is 11.0 Å². The predicted molar refractivity (Wildman–Crippen MR) is 66.8 cm³/mol. The van der Waals surface area contributed by atoms with E-state index in [9.17, 15) is 4.39 Å². The lowest BCUT2D eigenvalue weighted by molar-refractivity contribution is 0.476. The lowest BCUT2D eigenvalue weighted by Crippen LogP contribution is -2.15. The van der Waals surface area contributed by atoms with Crippen LogP contribution in [0, 0.1) is 5.82 Å². The van der Waals surface area contributed by atoms with Crippen molar-refractivity contribution in [2.75, 3.05) is 0 Å². The first-order valence-corrected chi connectivity index (χ1v) is 6.23. The minimum absolute atomic E-state index is 0.0848. The highest BCUT2D eigenvalue weighted by molar-refractivity contribution is 6.31. The minimum Gasteiger partial charge on any atom is -0.439 e. The normalized spacial score (nSPS) is 15.0. The van der Waals surface area contributed by atoms with E-state index in [1.54, 1.807) is 12.3 Å². The van der Waals surface area contributed by atoms with Gasteiger partial charge in [-0.3, -0.25) is 0 Å². The summed E-state index contributed by atoms with van der Waals surface area (Å²) < 4.78 is 18.6. The largest absolute Gasteiger partial charge is 0.439 e. The quantitative estimate of drug-likeness (QED) is 0.922. The Labute approximate surface area is 109 Å². The maximum Gasteiger partial charge on any atom is 0.208 e. The third-order valence-corrected chi connectivity index (χ3v) is 3.17. The Morgan fingerprint density at radius 2 is 2.28 bits per heavy atom. The Kier molecular flexibility index (Phi) is 3.06. The fraction of sp³-hybridized carbons (Fsp3) is 0.308. The van der Waals surface area contributed by atoms with Crippen LogP contribution in [0.3, 0.4) is 0 Å². The van der Waals surface area contributed by atoms with Gasteiger partial charge in [0.05, 0.1) is 17.8 Å². The van der Waals surface area contributed by atoms with Crippen molar-refractivity contribution < 1.29 is 8.81 Å². The Morgan fingerprint density at radius 3 is 3.00 bits per heavy atom. The molecule has 0 spiro atoms. The van der Waals surface area contributed by atoms with E-state index < -0.39 is 5.82 Å². The van der Waals surface area contributed by atoms with Crippen LogP contribution in [0.2, 0.25) is 5.02 Å². The zero-order valence-electron chi connectivity index (χ0n) is 9.62. The number of rotatable bonds is 4. The Morgan fingerprint density at radius 1 is 1.44 bits per heavy atom. The molecule has 3 rings (SSSR count). The fourth-order valence-electron chi connectivity index (χ4n) is 1.69. The van der Waals surface area contributed by atoms with Crippen molar-refractivity contribution in [1.82, 2.24) is 10.3 Å². The molecule has 0 radical (unpaired) electrons. The summed E-state index contributed by atoms with van der Waals surface area (Å²) in [5.74, 6) is 0.803. The number of benzene rings is 1. The molecule has 0 amide bonds. The first kappa shape index (κ1) is 11.7. The van der Waals surface area contributed by atoms with E-state index in [1.807, 2.05) is 0 Å². The van der Waals surface area contributed by atoms with Crippen molar-refractivity contribution in [3.63, 3.8) is 0 Å². The van der Waals surface area contributed by atoms with E-state index in [0.29, 0.717) is 24.2 Å². The second-order valence-electron chi connectivity index (χ2n) is 4.40.